The first-order valence-corrected chi connectivity index (χ1v) is 9.82. The first-order valence-electron chi connectivity index (χ1n) is 9.82. The van der Waals surface area contributed by atoms with Crippen LogP contribution >= 0.6 is 0 Å². The van der Waals surface area contributed by atoms with Gasteiger partial charge in [0.2, 0.25) is 5.91 Å². The zero-order valence-corrected chi connectivity index (χ0v) is 17.1. The smallest absolute Gasteiger partial charge is 0.247 e. The van der Waals surface area contributed by atoms with Gasteiger partial charge in [0.25, 0.3) is 0 Å². The number of aryl methyl sites for hydroxylation is 1. The molecule has 1 amide bonds. The lowest BCUT2D eigenvalue weighted by Gasteiger charge is -2.11. The predicted molar refractivity (Wildman–Crippen MR) is 122 cm³/mol. The number of amides is 1. The summed E-state index contributed by atoms with van der Waals surface area (Å²) in [5, 5.41) is 13.2. The Morgan fingerprint density at radius 1 is 1.10 bits per heavy atom. The number of carbonyl (C=O) groups is 1. The van der Waals surface area contributed by atoms with E-state index in [1.54, 1.807) is 6.20 Å². The van der Waals surface area contributed by atoms with Crippen molar-refractivity contribution in [1.29, 1.82) is 0 Å². The number of nitrogens with zero attached hydrogens (tertiary/aromatic N) is 3. The Labute approximate surface area is 180 Å². The van der Waals surface area contributed by atoms with Gasteiger partial charge < -0.3 is 10.6 Å². The molecule has 0 radical (unpaired) electrons. The monoisotopic (exact) mass is 410 g/mol. The van der Waals surface area contributed by atoms with Gasteiger partial charge in [-0.3, -0.25) is 14.9 Å². The molecule has 7 heteroatoms. The molecule has 3 aromatic heterocycles. The van der Waals surface area contributed by atoms with Gasteiger partial charge >= 0.3 is 0 Å². The van der Waals surface area contributed by atoms with Crippen LogP contribution in [0.15, 0.2) is 79.6 Å². The molecule has 0 aliphatic heterocycles. The zero-order valence-electron chi connectivity index (χ0n) is 17.1. The van der Waals surface area contributed by atoms with Crippen LogP contribution in [0.3, 0.4) is 0 Å². The summed E-state index contributed by atoms with van der Waals surface area (Å²) < 4.78 is 0. The second-order valence-electron chi connectivity index (χ2n) is 7.12. The van der Waals surface area contributed by atoms with E-state index in [1.807, 2.05) is 67.7 Å². The van der Waals surface area contributed by atoms with E-state index in [9.17, 15) is 4.79 Å². The highest BCUT2D eigenvalue weighted by atomic mass is 16.1. The maximum absolute atomic E-state index is 11.7. The molecule has 0 fully saturated rings. The SMILES string of the molecule is C=CC(=O)Nc1cccc(-c2cc(Cc3cccnc3)cc(Nc3cc(C)[nH]n3)n2)c1. The van der Waals surface area contributed by atoms with Gasteiger partial charge in [-0.15, -0.1) is 0 Å². The fourth-order valence-corrected chi connectivity index (χ4v) is 3.20. The molecule has 1 aromatic carbocycles. The van der Waals surface area contributed by atoms with Gasteiger partial charge in [-0.25, -0.2) is 4.98 Å². The highest BCUT2D eigenvalue weighted by Gasteiger charge is 2.09. The average Bonchev–Trinajstić information content (AvgIpc) is 3.19. The summed E-state index contributed by atoms with van der Waals surface area (Å²) in [5.74, 6) is 1.12. The molecule has 154 valence electrons. The number of aromatic nitrogens is 4. The van der Waals surface area contributed by atoms with E-state index >= 15 is 0 Å². The zero-order chi connectivity index (χ0) is 21.6. The summed E-state index contributed by atoms with van der Waals surface area (Å²) in [7, 11) is 0. The lowest BCUT2D eigenvalue weighted by molar-refractivity contribution is -0.111. The Balaban J connectivity index is 1.71. The van der Waals surface area contributed by atoms with Crippen molar-refractivity contribution >= 4 is 23.2 Å². The number of hydrogen-bond acceptors (Lipinski definition) is 5. The van der Waals surface area contributed by atoms with Crippen LogP contribution in [0, 0.1) is 6.92 Å². The standard InChI is InChI=1S/C24H22N6O/c1-3-24(31)26-20-8-4-7-19(14-20)21-12-18(11-17-6-5-9-25-15-17)13-22(27-21)28-23-10-16(2)29-30-23/h3-10,12-15H,1,11H2,2H3,(H,26,31)(H2,27,28,29,30). The van der Waals surface area contributed by atoms with E-state index in [1.165, 1.54) is 6.08 Å². The second-order valence-corrected chi connectivity index (χ2v) is 7.12. The van der Waals surface area contributed by atoms with E-state index in [4.69, 9.17) is 4.98 Å². The topological polar surface area (TPSA) is 95.6 Å². The van der Waals surface area contributed by atoms with Crippen LogP contribution in [0.2, 0.25) is 0 Å². The Morgan fingerprint density at radius 3 is 2.74 bits per heavy atom. The highest BCUT2D eigenvalue weighted by molar-refractivity contribution is 5.99. The van der Waals surface area contributed by atoms with Crippen molar-refractivity contribution in [3.05, 3.63) is 96.5 Å². The maximum Gasteiger partial charge on any atom is 0.247 e. The number of rotatable bonds is 7. The van der Waals surface area contributed by atoms with Gasteiger partial charge in [-0.1, -0.05) is 24.8 Å². The number of nitrogens with one attached hydrogen (secondary N) is 3. The molecule has 0 aliphatic rings. The Morgan fingerprint density at radius 2 is 2.00 bits per heavy atom. The van der Waals surface area contributed by atoms with E-state index in [-0.39, 0.29) is 5.91 Å². The van der Waals surface area contributed by atoms with Gasteiger partial charge in [0, 0.05) is 35.4 Å². The third-order valence-electron chi connectivity index (χ3n) is 4.59. The minimum absolute atomic E-state index is 0.258. The van der Waals surface area contributed by atoms with Crippen molar-refractivity contribution in [2.45, 2.75) is 13.3 Å². The molecule has 4 rings (SSSR count). The largest absolute Gasteiger partial charge is 0.323 e. The van der Waals surface area contributed by atoms with E-state index in [0.717, 1.165) is 28.1 Å². The van der Waals surface area contributed by atoms with Crippen LogP contribution in [-0.2, 0) is 11.2 Å². The lowest BCUT2D eigenvalue weighted by Crippen LogP contribution is -2.07. The number of aromatic amines is 1. The second kappa shape index (κ2) is 9.04. The van der Waals surface area contributed by atoms with Crippen molar-refractivity contribution in [3.63, 3.8) is 0 Å². The highest BCUT2D eigenvalue weighted by Crippen LogP contribution is 2.26. The third kappa shape index (κ3) is 5.22. The van der Waals surface area contributed by atoms with Crippen LogP contribution < -0.4 is 10.6 Å². The Kier molecular flexibility index (Phi) is 5.84. The lowest BCUT2D eigenvalue weighted by atomic mass is 10.0. The number of benzene rings is 1. The molecule has 31 heavy (non-hydrogen) atoms. The molecule has 7 nitrogen and oxygen atoms in total. The molecule has 0 bridgehead atoms. The fourth-order valence-electron chi connectivity index (χ4n) is 3.20. The number of pyridine rings is 2. The molecule has 0 saturated heterocycles. The average molecular weight is 410 g/mol. The predicted octanol–water partition coefficient (Wildman–Crippen LogP) is 4.63. The van der Waals surface area contributed by atoms with Gasteiger partial charge in [0.1, 0.15) is 5.82 Å². The van der Waals surface area contributed by atoms with E-state index in [0.29, 0.717) is 23.7 Å². The van der Waals surface area contributed by atoms with E-state index in [2.05, 4.69) is 32.4 Å². The number of carbonyl (C=O) groups excluding carboxylic acids is 1. The number of H-pyrrole nitrogens is 1. The maximum atomic E-state index is 11.7. The summed E-state index contributed by atoms with van der Waals surface area (Å²) in [6, 6.07) is 17.5. The Bertz CT molecular complexity index is 1220. The van der Waals surface area contributed by atoms with Gasteiger partial charge in [-0.05, 0) is 60.9 Å². The Hall–Kier alpha value is -4.26. The summed E-state index contributed by atoms with van der Waals surface area (Å²) in [5.41, 5.74) is 5.49. The van der Waals surface area contributed by atoms with Crippen LogP contribution in [0.25, 0.3) is 11.3 Å². The van der Waals surface area contributed by atoms with Crippen LogP contribution in [0.1, 0.15) is 16.8 Å². The minimum atomic E-state index is -0.258. The van der Waals surface area contributed by atoms with E-state index < -0.39 is 0 Å². The van der Waals surface area contributed by atoms with Gasteiger partial charge in [-0.2, -0.15) is 5.10 Å². The molecule has 3 heterocycles. The summed E-state index contributed by atoms with van der Waals surface area (Å²) in [6.07, 6.45) is 5.57. The quantitative estimate of drug-likeness (QED) is 0.386. The van der Waals surface area contributed by atoms with Crippen molar-refractivity contribution in [2.24, 2.45) is 0 Å². The minimum Gasteiger partial charge on any atom is -0.323 e. The molecule has 4 aromatic rings. The van der Waals surface area contributed by atoms with Crippen molar-refractivity contribution < 1.29 is 4.79 Å². The normalized spacial score (nSPS) is 10.5. The molecule has 0 saturated carbocycles. The van der Waals surface area contributed by atoms with Gasteiger partial charge in [0.05, 0.1) is 5.69 Å². The summed E-state index contributed by atoms with van der Waals surface area (Å²) in [4.78, 5) is 20.7. The summed E-state index contributed by atoms with van der Waals surface area (Å²) >= 11 is 0. The molecular weight excluding hydrogens is 388 g/mol. The van der Waals surface area contributed by atoms with Crippen molar-refractivity contribution in [1.82, 2.24) is 20.2 Å². The first-order chi connectivity index (χ1) is 15.1. The number of hydrogen-bond donors (Lipinski definition) is 3. The third-order valence-corrected chi connectivity index (χ3v) is 4.59. The molecular formula is C24H22N6O. The first kappa shape index (κ1) is 20.0. The van der Waals surface area contributed by atoms with Crippen LogP contribution in [-0.4, -0.2) is 26.1 Å². The molecule has 3 N–H and O–H groups in total. The van der Waals surface area contributed by atoms with Crippen molar-refractivity contribution in [2.75, 3.05) is 10.6 Å². The summed E-state index contributed by atoms with van der Waals surface area (Å²) in [6.45, 7) is 5.44. The number of anilines is 3. The fraction of sp³-hybridized carbons (Fsp3) is 0.0833. The van der Waals surface area contributed by atoms with Gasteiger partial charge in [0.15, 0.2) is 5.82 Å². The molecule has 0 aliphatic carbocycles. The molecule has 0 spiro atoms. The van der Waals surface area contributed by atoms with Crippen molar-refractivity contribution in [3.8, 4) is 11.3 Å². The molecule has 0 atom stereocenters. The van der Waals surface area contributed by atoms with Crippen LogP contribution in [0.4, 0.5) is 17.3 Å². The molecule has 0 unspecified atom stereocenters. The van der Waals surface area contributed by atoms with Crippen LogP contribution in [0.5, 0.6) is 0 Å².